The molecule has 0 N–H and O–H groups in total. The Bertz CT molecular complexity index is 950. The van der Waals surface area contributed by atoms with Crippen LogP contribution in [0.25, 0.3) is 11.0 Å². The number of piperazine rings is 1. The summed E-state index contributed by atoms with van der Waals surface area (Å²) in [6.07, 6.45) is 1.86. The van der Waals surface area contributed by atoms with E-state index in [0.717, 1.165) is 43.9 Å². The van der Waals surface area contributed by atoms with E-state index in [0.29, 0.717) is 10.7 Å². The molecule has 0 amide bonds. The van der Waals surface area contributed by atoms with Gasteiger partial charge in [0.15, 0.2) is 0 Å². The van der Waals surface area contributed by atoms with Gasteiger partial charge in [0.2, 0.25) is 0 Å². The summed E-state index contributed by atoms with van der Waals surface area (Å²) in [5, 5.41) is 11.7. The van der Waals surface area contributed by atoms with Crippen LogP contribution < -0.4 is 4.90 Å². The highest BCUT2D eigenvalue weighted by Gasteiger charge is 2.24. The summed E-state index contributed by atoms with van der Waals surface area (Å²) in [6.45, 7) is 3.87. The van der Waals surface area contributed by atoms with Crippen LogP contribution in [0.4, 0.5) is 11.4 Å². The number of halogens is 1. The van der Waals surface area contributed by atoms with E-state index >= 15 is 0 Å². The van der Waals surface area contributed by atoms with Crippen LogP contribution >= 0.6 is 11.6 Å². The quantitative estimate of drug-likeness (QED) is 0.519. The molecular weight excluding hydrogens is 354 g/mol. The van der Waals surface area contributed by atoms with Crippen LogP contribution in [-0.2, 0) is 6.67 Å². The van der Waals surface area contributed by atoms with Crippen LogP contribution in [-0.4, -0.2) is 45.6 Å². The zero-order valence-corrected chi connectivity index (χ0v) is 14.8. The Kier molecular flexibility index (Phi) is 4.48. The van der Waals surface area contributed by atoms with Gasteiger partial charge in [-0.05, 0) is 24.3 Å². The van der Waals surface area contributed by atoms with Crippen molar-refractivity contribution in [1.82, 2.24) is 14.5 Å². The number of nitrogens with zero attached hydrogens (tertiary/aromatic N) is 5. The fourth-order valence-corrected chi connectivity index (χ4v) is 3.55. The molecule has 0 spiro atoms. The lowest BCUT2D eigenvalue weighted by atomic mass is 10.2. The number of imidazole rings is 1. The molecular formula is C18H18ClN5O2. The van der Waals surface area contributed by atoms with Gasteiger partial charge in [0.1, 0.15) is 5.69 Å². The minimum absolute atomic E-state index is 0.0616. The van der Waals surface area contributed by atoms with E-state index in [1.54, 1.807) is 12.1 Å². The smallest absolute Gasteiger partial charge is 0.294 e. The highest BCUT2D eigenvalue weighted by atomic mass is 35.5. The lowest BCUT2D eigenvalue weighted by molar-refractivity contribution is -0.384. The molecule has 2 heterocycles. The van der Waals surface area contributed by atoms with Gasteiger partial charge >= 0.3 is 0 Å². The molecule has 8 heteroatoms. The van der Waals surface area contributed by atoms with E-state index in [9.17, 15) is 10.1 Å². The first-order valence-corrected chi connectivity index (χ1v) is 8.81. The lowest BCUT2D eigenvalue weighted by Gasteiger charge is -2.35. The maximum absolute atomic E-state index is 11.3. The topological polar surface area (TPSA) is 67.4 Å². The Morgan fingerprint density at radius 1 is 1.12 bits per heavy atom. The van der Waals surface area contributed by atoms with Crippen molar-refractivity contribution in [2.75, 3.05) is 31.1 Å². The molecule has 7 nitrogen and oxygen atoms in total. The normalized spacial score (nSPS) is 15.5. The summed E-state index contributed by atoms with van der Waals surface area (Å²) in [5.74, 6) is 0. The summed E-state index contributed by atoms with van der Waals surface area (Å²) in [7, 11) is 0. The second-order valence-electron chi connectivity index (χ2n) is 6.34. The third-order valence-corrected chi connectivity index (χ3v) is 4.96. The first kappa shape index (κ1) is 16.8. The molecule has 1 aromatic heterocycles. The van der Waals surface area contributed by atoms with E-state index in [1.165, 1.54) is 6.07 Å². The summed E-state index contributed by atoms with van der Waals surface area (Å²) in [6, 6.07) is 12.9. The van der Waals surface area contributed by atoms with Gasteiger partial charge in [-0.15, -0.1) is 0 Å². The highest BCUT2D eigenvalue weighted by molar-refractivity contribution is 6.30. The van der Waals surface area contributed by atoms with Gasteiger partial charge in [-0.3, -0.25) is 15.0 Å². The molecule has 1 aliphatic rings. The second kappa shape index (κ2) is 6.93. The van der Waals surface area contributed by atoms with Crippen LogP contribution in [0.5, 0.6) is 0 Å². The molecule has 1 aliphatic heterocycles. The molecule has 0 bridgehead atoms. The number of rotatable bonds is 4. The van der Waals surface area contributed by atoms with Gasteiger partial charge in [-0.2, -0.15) is 0 Å². The van der Waals surface area contributed by atoms with Crippen molar-refractivity contribution in [2.45, 2.75) is 6.67 Å². The van der Waals surface area contributed by atoms with Gasteiger partial charge < -0.3 is 9.47 Å². The molecule has 0 saturated carbocycles. The number of para-hydroxylation sites is 2. The molecule has 0 atom stereocenters. The molecule has 26 heavy (non-hydrogen) atoms. The highest BCUT2D eigenvalue weighted by Crippen LogP contribution is 2.31. The standard InChI is InChI=1S/C18H18ClN5O2/c19-14-5-6-17(18(11-14)24(25)26)22-9-7-21(8-10-22)13-23-12-20-15-3-1-2-4-16(15)23/h1-6,11-12H,7-10,13H2. The third kappa shape index (κ3) is 3.23. The number of aromatic nitrogens is 2. The van der Waals surface area contributed by atoms with Crippen LogP contribution in [0.2, 0.25) is 5.02 Å². The summed E-state index contributed by atoms with van der Waals surface area (Å²) < 4.78 is 2.13. The molecule has 0 aliphatic carbocycles. The van der Waals surface area contributed by atoms with Crippen molar-refractivity contribution in [2.24, 2.45) is 0 Å². The van der Waals surface area contributed by atoms with Crippen LogP contribution in [0.3, 0.4) is 0 Å². The number of nitro benzene ring substituents is 1. The van der Waals surface area contributed by atoms with E-state index < -0.39 is 0 Å². The predicted molar refractivity (Wildman–Crippen MR) is 102 cm³/mol. The molecule has 0 radical (unpaired) electrons. The molecule has 3 aromatic rings. The minimum Gasteiger partial charge on any atom is -0.363 e. The fourth-order valence-electron chi connectivity index (χ4n) is 3.38. The molecule has 1 saturated heterocycles. The zero-order valence-electron chi connectivity index (χ0n) is 14.1. The monoisotopic (exact) mass is 371 g/mol. The molecule has 4 rings (SSSR count). The van der Waals surface area contributed by atoms with Crippen molar-refractivity contribution in [3.8, 4) is 0 Å². The van der Waals surface area contributed by atoms with Crippen molar-refractivity contribution >= 4 is 34.0 Å². The average molecular weight is 372 g/mol. The number of hydrogen-bond acceptors (Lipinski definition) is 5. The third-order valence-electron chi connectivity index (χ3n) is 4.73. The van der Waals surface area contributed by atoms with Crippen molar-refractivity contribution in [3.63, 3.8) is 0 Å². The van der Waals surface area contributed by atoms with Crippen molar-refractivity contribution in [3.05, 3.63) is 63.9 Å². The fraction of sp³-hybridized carbons (Fsp3) is 0.278. The lowest BCUT2D eigenvalue weighted by Crippen LogP contribution is -2.46. The average Bonchev–Trinajstić information content (AvgIpc) is 3.05. The molecule has 134 valence electrons. The van der Waals surface area contributed by atoms with E-state index in [2.05, 4.69) is 25.4 Å². The van der Waals surface area contributed by atoms with E-state index in [1.807, 2.05) is 24.5 Å². The Morgan fingerprint density at radius 2 is 1.88 bits per heavy atom. The SMILES string of the molecule is O=[N+]([O-])c1cc(Cl)ccc1N1CCN(Cn2cnc3ccccc32)CC1. The molecule has 0 unspecified atom stereocenters. The largest absolute Gasteiger partial charge is 0.363 e. The summed E-state index contributed by atoms with van der Waals surface area (Å²) >= 11 is 5.91. The Labute approximate surface area is 155 Å². The van der Waals surface area contributed by atoms with Crippen LogP contribution in [0.15, 0.2) is 48.8 Å². The molecule has 1 fully saturated rings. The van der Waals surface area contributed by atoms with Gasteiger partial charge in [0, 0.05) is 37.3 Å². The second-order valence-corrected chi connectivity index (χ2v) is 6.78. The predicted octanol–water partition coefficient (Wildman–Crippen LogP) is 3.38. The number of benzene rings is 2. The van der Waals surface area contributed by atoms with E-state index in [4.69, 9.17) is 11.6 Å². The minimum atomic E-state index is -0.370. The first-order chi connectivity index (χ1) is 12.6. The van der Waals surface area contributed by atoms with Crippen LogP contribution in [0, 0.1) is 10.1 Å². The van der Waals surface area contributed by atoms with E-state index in [-0.39, 0.29) is 10.6 Å². The van der Waals surface area contributed by atoms with Gasteiger partial charge in [-0.1, -0.05) is 23.7 Å². The van der Waals surface area contributed by atoms with Crippen molar-refractivity contribution in [1.29, 1.82) is 0 Å². The van der Waals surface area contributed by atoms with Crippen LogP contribution in [0.1, 0.15) is 0 Å². The number of fused-ring (bicyclic) bond motifs is 1. The van der Waals surface area contributed by atoms with Gasteiger partial charge in [-0.25, -0.2) is 4.98 Å². The van der Waals surface area contributed by atoms with Gasteiger partial charge in [0.25, 0.3) is 5.69 Å². The maximum atomic E-state index is 11.3. The number of hydrogen-bond donors (Lipinski definition) is 0. The summed E-state index contributed by atoms with van der Waals surface area (Å²) in [5.41, 5.74) is 2.80. The Hall–Kier alpha value is -2.64. The molecule has 2 aromatic carbocycles. The number of nitro groups is 1. The Morgan fingerprint density at radius 3 is 2.65 bits per heavy atom. The Balaban J connectivity index is 1.45. The maximum Gasteiger partial charge on any atom is 0.294 e. The summed E-state index contributed by atoms with van der Waals surface area (Å²) in [4.78, 5) is 19.7. The number of anilines is 1. The van der Waals surface area contributed by atoms with Gasteiger partial charge in [0.05, 0.1) is 29.0 Å². The van der Waals surface area contributed by atoms with Crippen molar-refractivity contribution < 1.29 is 4.92 Å². The zero-order chi connectivity index (χ0) is 18.1. The first-order valence-electron chi connectivity index (χ1n) is 8.43.